The van der Waals surface area contributed by atoms with Crippen LogP contribution in [0.15, 0.2) is 79.1 Å². The first-order chi connectivity index (χ1) is 27.0. The maximum absolute atomic E-state index is 14.7. The van der Waals surface area contributed by atoms with Gasteiger partial charge in [-0.1, -0.05) is 75.2 Å². The number of amides is 1. The normalized spacial score (nSPS) is 20.9. The number of unbranched alkanes of at least 4 members (excludes halogenated alkanes) is 1. The number of aliphatic hydroxyl groups excluding tert-OH is 2. The van der Waals surface area contributed by atoms with E-state index < -0.39 is 56.4 Å². The third-order valence-electron chi connectivity index (χ3n) is 9.47. The summed E-state index contributed by atoms with van der Waals surface area (Å²) in [6.45, 7) is 3.58. The molecule has 3 heterocycles. The van der Waals surface area contributed by atoms with E-state index in [0.29, 0.717) is 18.4 Å². The van der Waals surface area contributed by atoms with Crippen LogP contribution in [0, 0.1) is 17.2 Å². The quantitative estimate of drug-likeness (QED) is 0.0466. The summed E-state index contributed by atoms with van der Waals surface area (Å²) in [5, 5.41) is 42.3. The number of hydrogen-bond acceptors (Lipinski definition) is 14. The number of alkyl carbamates (subject to hydrolysis) is 1. The first-order valence-corrected chi connectivity index (χ1v) is 20.0. The molecule has 6 N–H and O–H groups in total. The number of para-hydroxylation sites is 1. The highest BCUT2D eigenvalue weighted by molar-refractivity contribution is 7.52. The molecule has 18 heteroatoms. The zero-order valence-corrected chi connectivity index (χ0v) is 32.1. The van der Waals surface area contributed by atoms with Gasteiger partial charge in [0.05, 0.1) is 12.3 Å². The largest absolute Gasteiger partial charge is 0.464 e. The number of nitrogens with zero attached hydrogens (tertiary/aromatic N) is 4. The Hall–Kier alpha value is -5.08. The monoisotopic (exact) mass is 793 g/mol. The minimum Gasteiger partial charge on any atom is -0.464 e. The Morgan fingerprint density at radius 1 is 1.05 bits per heavy atom. The van der Waals surface area contributed by atoms with Gasteiger partial charge in [0.15, 0.2) is 5.82 Å². The molecular weight excluding hydrogens is 745 g/mol. The van der Waals surface area contributed by atoms with Crippen LogP contribution in [0.5, 0.6) is 5.75 Å². The summed E-state index contributed by atoms with van der Waals surface area (Å²) in [4.78, 5) is 29.8. The maximum Gasteiger partial charge on any atom is 0.459 e. The number of carbonyl (C=O) groups excluding carboxylic acids is 2. The fraction of sp³-hybridized carbons (Fsp3) is 0.447. The van der Waals surface area contributed by atoms with E-state index in [1.807, 2.05) is 50.2 Å². The molecule has 0 radical (unpaired) electrons. The van der Waals surface area contributed by atoms with Gasteiger partial charge in [-0.2, -0.15) is 15.4 Å². The SMILES string of the molecule is CCC(CC)COC(=O)[C@H](CCCCNC(=O)OCc1ccccc1)NP(=O)(OC[C@@]1(C#N)O[C@@H](c2ccc3c(N)ncnn23)[C@H](O)[C@@H]1O)Oc1ccccc1. The number of aromatic nitrogens is 3. The highest BCUT2D eigenvalue weighted by atomic mass is 31.2. The Bertz CT molecular complexity index is 1980. The molecule has 0 saturated carbocycles. The van der Waals surface area contributed by atoms with Crippen LogP contribution in [0.3, 0.4) is 0 Å². The van der Waals surface area contributed by atoms with Crippen molar-refractivity contribution in [1.29, 1.82) is 5.26 Å². The third-order valence-corrected chi connectivity index (χ3v) is 11.0. The highest BCUT2D eigenvalue weighted by Gasteiger charge is 2.57. The van der Waals surface area contributed by atoms with Gasteiger partial charge >= 0.3 is 19.8 Å². The molecule has 0 spiro atoms. The van der Waals surface area contributed by atoms with E-state index in [4.69, 9.17) is 29.0 Å². The molecule has 0 bridgehead atoms. The van der Waals surface area contributed by atoms with Gasteiger partial charge in [-0.05, 0) is 55.0 Å². The van der Waals surface area contributed by atoms with Crippen molar-refractivity contribution in [2.45, 2.75) is 82.5 Å². The first-order valence-electron chi connectivity index (χ1n) is 18.4. The van der Waals surface area contributed by atoms with Crippen molar-refractivity contribution in [2.75, 3.05) is 25.5 Å². The van der Waals surface area contributed by atoms with Crippen molar-refractivity contribution in [1.82, 2.24) is 25.0 Å². The number of rotatable bonds is 20. The number of aliphatic hydroxyl groups is 2. The van der Waals surface area contributed by atoms with Crippen LogP contribution in [0.4, 0.5) is 10.6 Å². The molecule has 1 fully saturated rings. The molecule has 0 aliphatic carbocycles. The fourth-order valence-corrected chi connectivity index (χ4v) is 7.61. The maximum atomic E-state index is 14.7. The molecule has 1 unspecified atom stereocenters. The summed E-state index contributed by atoms with van der Waals surface area (Å²) in [5.41, 5.74) is 5.22. The van der Waals surface area contributed by atoms with Crippen LogP contribution in [0.1, 0.15) is 63.3 Å². The molecular formula is C38H48N7O10P. The molecule has 1 saturated heterocycles. The average molecular weight is 794 g/mol. The third kappa shape index (κ3) is 10.6. The Balaban J connectivity index is 1.30. The lowest BCUT2D eigenvalue weighted by Crippen LogP contribution is -2.46. The van der Waals surface area contributed by atoms with E-state index in [1.54, 1.807) is 30.3 Å². The van der Waals surface area contributed by atoms with E-state index in [-0.39, 0.29) is 49.4 Å². The second-order valence-corrected chi connectivity index (χ2v) is 15.0. The van der Waals surface area contributed by atoms with E-state index in [2.05, 4.69) is 20.5 Å². The minimum absolute atomic E-state index is 0.0869. The predicted molar refractivity (Wildman–Crippen MR) is 203 cm³/mol. The lowest BCUT2D eigenvalue weighted by Gasteiger charge is -2.29. The lowest BCUT2D eigenvalue weighted by molar-refractivity contribution is -0.147. The van der Waals surface area contributed by atoms with Crippen LogP contribution in [0.2, 0.25) is 0 Å². The van der Waals surface area contributed by atoms with Crippen LogP contribution < -0.4 is 20.7 Å². The molecule has 1 aliphatic heterocycles. The van der Waals surface area contributed by atoms with Crippen LogP contribution in [0.25, 0.3) is 5.52 Å². The highest BCUT2D eigenvalue weighted by Crippen LogP contribution is 2.49. The molecule has 2 aromatic carbocycles. The molecule has 5 rings (SSSR count). The number of nitrogens with two attached hydrogens (primary N) is 1. The molecule has 56 heavy (non-hydrogen) atoms. The molecule has 6 atom stereocenters. The summed E-state index contributed by atoms with van der Waals surface area (Å²) in [7, 11) is -4.61. The number of carbonyl (C=O) groups is 2. The van der Waals surface area contributed by atoms with E-state index in [9.17, 15) is 29.6 Å². The van der Waals surface area contributed by atoms with E-state index >= 15 is 0 Å². The van der Waals surface area contributed by atoms with E-state index in [1.165, 1.54) is 23.0 Å². The Labute approximate surface area is 324 Å². The Morgan fingerprint density at radius 3 is 2.46 bits per heavy atom. The topological polar surface area (TPSA) is 242 Å². The molecule has 4 aromatic rings. The molecule has 17 nitrogen and oxygen atoms in total. The van der Waals surface area contributed by atoms with Crippen molar-refractivity contribution in [2.24, 2.45) is 5.92 Å². The Kier molecular flexibility index (Phi) is 14.8. The van der Waals surface area contributed by atoms with Crippen LogP contribution in [-0.2, 0) is 34.7 Å². The number of nitrogen functional groups attached to an aromatic ring is 1. The number of esters is 1. The van der Waals surface area contributed by atoms with Gasteiger partial charge in [-0.25, -0.2) is 18.9 Å². The number of fused-ring (bicyclic) bond motifs is 1. The summed E-state index contributed by atoms with van der Waals surface area (Å²) < 4.78 is 44.7. The number of hydrogen-bond donors (Lipinski definition) is 5. The number of benzene rings is 2. The van der Waals surface area contributed by atoms with Crippen molar-refractivity contribution >= 4 is 31.1 Å². The lowest BCUT2D eigenvalue weighted by atomic mass is 9.96. The number of anilines is 1. The molecule has 1 aliphatic rings. The number of ether oxygens (including phenoxy) is 3. The van der Waals surface area contributed by atoms with Gasteiger partial charge < -0.3 is 40.0 Å². The molecule has 2 aromatic heterocycles. The van der Waals surface area contributed by atoms with Gasteiger partial charge in [0.25, 0.3) is 0 Å². The van der Waals surface area contributed by atoms with Crippen molar-refractivity contribution in [3.8, 4) is 11.8 Å². The minimum atomic E-state index is -4.61. The average Bonchev–Trinajstić information content (AvgIpc) is 3.75. The standard InChI is InChI=1S/C38H48N7O10P/c1-3-26(4-2)21-51-36(48)29(17-11-12-20-41-37(49)52-22-27-13-7-5-8-14-27)44-56(50,55-28-15-9-6-10-16-28)53-24-38(23-39)34(47)32(46)33(54-38)30-18-19-31-35(40)42-25-43-45(30)31/h5-10,13-16,18-19,25-26,29,32-34,46-47H,3-4,11-12,17,20-22,24H2,1-2H3,(H,41,49)(H,44,50)(H2,40,42,43)/t29-,32-,33-,34-,38+,56?/m0/s1. The van der Waals surface area contributed by atoms with Gasteiger partial charge in [0.2, 0.25) is 5.60 Å². The van der Waals surface area contributed by atoms with Crippen LogP contribution >= 0.6 is 7.75 Å². The fourth-order valence-electron chi connectivity index (χ4n) is 6.06. The van der Waals surface area contributed by atoms with Gasteiger partial charge in [-0.3, -0.25) is 9.32 Å². The van der Waals surface area contributed by atoms with Gasteiger partial charge in [-0.15, -0.1) is 0 Å². The first kappa shape index (κ1) is 42.1. The van der Waals surface area contributed by atoms with Crippen molar-refractivity contribution in [3.63, 3.8) is 0 Å². The summed E-state index contributed by atoms with van der Waals surface area (Å²) >= 11 is 0. The van der Waals surface area contributed by atoms with Gasteiger partial charge in [0.1, 0.15) is 61.2 Å². The molecule has 300 valence electrons. The number of nitriles is 1. The molecule has 1 amide bonds. The predicted octanol–water partition coefficient (Wildman–Crippen LogP) is 4.60. The number of nitrogens with one attached hydrogen (secondary N) is 2. The second-order valence-electron chi connectivity index (χ2n) is 13.3. The smallest absolute Gasteiger partial charge is 0.459 e. The summed E-state index contributed by atoms with van der Waals surface area (Å²) in [5.74, 6) is -0.341. The zero-order chi connectivity index (χ0) is 40.1. The van der Waals surface area contributed by atoms with Gasteiger partial charge in [0, 0.05) is 6.54 Å². The van der Waals surface area contributed by atoms with E-state index in [0.717, 1.165) is 18.4 Å². The van der Waals surface area contributed by atoms with Crippen molar-refractivity contribution < 1.29 is 47.6 Å². The van der Waals surface area contributed by atoms with Crippen molar-refractivity contribution in [3.05, 3.63) is 90.4 Å². The Morgan fingerprint density at radius 2 is 1.77 bits per heavy atom. The van der Waals surface area contributed by atoms with Crippen LogP contribution in [-0.4, -0.2) is 80.5 Å². The summed E-state index contributed by atoms with van der Waals surface area (Å²) in [6, 6.07) is 21.1. The second kappa shape index (κ2) is 19.7. The summed E-state index contributed by atoms with van der Waals surface area (Å²) in [6.07, 6.45) is -1.75. The zero-order valence-electron chi connectivity index (χ0n) is 31.2.